The summed E-state index contributed by atoms with van der Waals surface area (Å²) in [5.74, 6) is -0.347. The molecular weight excluding hydrogens is 226 g/mol. The number of rotatable bonds is 3. The molecule has 3 heteroatoms. The van der Waals surface area contributed by atoms with Crippen molar-refractivity contribution in [1.82, 2.24) is 0 Å². The summed E-state index contributed by atoms with van der Waals surface area (Å²) in [6, 6.07) is 8.55. The van der Waals surface area contributed by atoms with E-state index in [0.29, 0.717) is 5.92 Å². The van der Waals surface area contributed by atoms with Gasteiger partial charge in [-0.25, -0.2) is 4.79 Å². The van der Waals surface area contributed by atoms with E-state index < -0.39 is 5.97 Å². The zero-order chi connectivity index (χ0) is 13.1. The average molecular weight is 245 g/mol. The highest BCUT2D eigenvalue weighted by atomic mass is 16.4. The fraction of sp³-hybridized carbons (Fsp3) is 0.400. The molecule has 1 aliphatic carbocycles. The second kappa shape index (κ2) is 5.25. The molecule has 1 aromatic carbocycles. The van der Waals surface area contributed by atoms with Gasteiger partial charge in [-0.3, -0.25) is 0 Å². The quantitative estimate of drug-likeness (QED) is 0.832. The van der Waals surface area contributed by atoms with Crippen molar-refractivity contribution in [2.75, 3.05) is 19.0 Å². The van der Waals surface area contributed by atoms with E-state index in [1.54, 1.807) is 0 Å². The van der Waals surface area contributed by atoms with Crippen LogP contribution in [0.4, 0.5) is 5.69 Å². The summed E-state index contributed by atoms with van der Waals surface area (Å²) in [6.45, 7) is 0. The van der Waals surface area contributed by atoms with Crippen LogP contribution in [-0.2, 0) is 4.79 Å². The predicted molar refractivity (Wildman–Crippen MR) is 73.1 cm³/mol. The molecule has 18 heavy (non-hydrogen) atoms. The van der Waals surface area contributed by atoms with Gasteiger partial charge in [0.25, 0.3) is 0 Å². The van der Waals surface area contributed by atoms with Crippen molar-refractivity contribution in [3.63, 3.8) is 0 Å². The summed E-state index contributed by atoms with van der Waals surface area (Å²) >= 11 is 0. The van der Waals surface area contributed by atoms with E-state index >= 15 is 0 Å². The Balaban J connectivity index is 2.07. The molecule has 1 aromatic rings. The van der Waals surface area contributed by atoms with Crippen LogP contribution in [0.15, 0.2) is 35.9 Å². The lowest BCUT2D eigenvalue weighted by Crippen LogP contribution is -2.08. The smallest absolute Gasteiger partial charge is 0.328 e. The number of aliphatic carboxylic acids is 1. The lowest BCUT2D eigenvalue weighted by Gasteiger charge is -2.14. The van der Waals surface area contributed by atoms with E-state index in [1.807, 2.05) is 14.1 Å². The van der Waals surface area contributed by atoms with Crippen LogP contribution in [0.2, 0.25) is 0 Å². The number of allylic oxidation sites excluding steroid dienone is 1. The van der Waals surface area contributed by atoms with E-state index in [9.17, 15) is 4.79 Å². The van der Waals surface area contributed by atoms with Gasteiger partial charge in [0.2, 0.25) is 0 Å². The molecule has 0 spiro atoms. The number of hydrogen-bond donors (Lipinski definition) is 1. The molecule has 0 radical (unpaired) electrons. The predicted octanol–water partition coefficient (Wildman–Crippen LogP) is 3.03. The third kappa shape index (κ3) is 2.92. The molecule has 0 saturated heterocycles. The zero-order valence-electron chi connectivity index (χ0n) is 10.9. The van der Waals surface area contributed by atoms with Crippen LogP contribution >= 0.6 is 0 Å². The molecule has 1 atom stereocenters. The second-order valence-corrected chi connectivity index (χ2v) is 5.07. The van der Waals surface area contributed by atoms with Crippen molar-refractivity contribution in [3.8, 4) is 0 Å². The van der Waals surface area contributed by atoms with Crippen molar-refractivity contribution in [2.24, 2.45) is 0 Å². The van der Waals surface area contributed by atoms with Crippen molar-refractivity contribution in [1.29, 1.82) is 0 Å². The maximum Gasteiger partial charge on any atom is 0.328 e. The average Bonchev–Trinajstić information content (AvgIpc) is 2.76. The molecule has 1 saturated carbocycles. The Morgan fingerprint density at radius 3 is 2.56 bits per heavy atom. The summed E-state index contributed by atoms with van der Waals surface area (Å²) in [4.78, 5) is 12.7. The van der Waals surface area contributed by atoms with Crippen LogP contribution in [0.25, 0.3) is 0 Å². The van der Waals surface area contributed by atoms with Gasteiger partial charge in [-0.2, -0.15) is 0 Å². The van der Waals surface area contributed by atoms with Gasteiger partial charge in [0.1, 0.15) is 0 Å². The molecule has 1 N–H and O–H groups in total. The van der Waals surface area contributed by atoms with Crippen molar-refractivity contribution in [3.05, 3.63) is 41.5 Å². The minimum atomic E-state index is -0.825. The first-order chi connectivity index (χ1) is 8.56. The largest absolute Gasteiger partial charge is 0.478 e. The van der Waals surface area contributed by atoms with E-state index in [-0.39, 0.29) is 0 Å². The molecule has 0 aliphatic heterocycles. The Bertz CT molecular complexity index is 460. The minimum Gasteiger partial charge on any atom is -0.478 e. The SMILES string of the molecule is CN(C)c1ccc(C2CC/C(=C\C(=O)O)C2)cc1. The van der Waals surface area contributed by atoms with Gasteiger partial charge in [-0.15, -0.1) is 0 Å². The lowest BCUT2D eigenvalue weighted by atomic mass is 9.97. The van der Waals surface area contributed by atoms with E-state index in [4.69, 9.17) is 5.11 Å². The molecule has 0 heterocycles. The van der Waals surface area contributed by atoms with Gasteiger partial charge in [0, 0.05) is 25.9 Å². The summed E-state index contributed by atoms with van der Waals surface area (Å²) in [5, 5.41) is 8.75. The summed E-state index contributed by atoms with van der Waals surface area (Å²) in [5.41, 5.74) is 3.57. The number of carbonyl (C=O) groups is 1. The Morgan fingerprint density at radius 1 is 1.33 bits per heavy atom. The summed E-state index contributed by atoms with van der Waals surface area (Å²) < 4.78 is 0. The molecule has 2 rings (SSSR count). The molecule has 1 aliphatic rings. The van der Waals surface area contributed by atoms with Gasteiger partial charge < -0.3 is 10.0 Å². The monoisotopic (exact) mass is 245 g/mol. The second-order valence-electron chi connectivity index (χ2n) is 5.07. The van der Waals surface area contributed by atoms with Crippen molar-refractivity contribution in [2.45, 2.75) is 25.2 Å². The Hall–Kier alpha value is -1.77. The van der Waals surface area contributed by atoms with Crippen LogP contribution in [0.5, 0.6) is 0 Å². The number of anilines is 1. The fourth-order valence-electron chi connectivity index (χ4n) is 2.52. The molecular formula is C15H19NO2. The Labute approximate surface area is 108 Å². The number of nitrogens with zero attached hydrogens (tertiary/aromatic N) is 1. The molecule has 96 valence electrons. The molecule has 1 unspecified atom stereocenters. The summed E-state index contributed by atoms with van der Waals surface area (Å²) in [7, 11) is 4.05. The number of carboxylic acids is 1. The fourth-order valence-corrected chi connectivity index (χ4v) is 2.52. The van der Waals surface area contributed by atoms with Crippen LogP contribution in [0.1, 0.15) is 30.7 Å². The van der Waals surface area contributed by atoms with E-state index in [0.717, 1.165) is 24.8 Å². The molecule has 3 nitrogen and oxygen atoms in total. The number of benzene rings is 1. The van der Waals surface area contributed by atoms with Gasteiger partial charge >= 0.3 is 5.97 Å². The van der Waals surface area contributed by atoms with Crippen molar-refractivity contribution >= 4 is 11.7 Å². The maximum absolute atomic E-state index is 10.6. The van der Waals surface area contributed by atoms with E-state index in [2.05, 4.69) is 29.2 Å². The van der Waals surface area contributed by atoms with E-state index in [1.165, 1.54) is 17.3 Å². The lowest BCUT2D eigenvalue weighted by molar-refractivity contribution is -0.131. The molecule has 0 aromatic heterocycles. The Kier molecular flexibility index (Phi) is 3.70. The molecule has 0 amide bonds. The van der Waals surface area contributed by atoms with Gasteiger partial charge in [0.05, 0.1) is 0 Å². The van der Waals surface area contributed by atoms with Gasteiger partial charge in [0.15, 0.2) is 0 Å². The minimum absolute atomic E-state index is 0.479. The molecule has 1 fully saturated rings. The van der Waals surface area contributed by atoms with Crippen LogP contribution < -0.4 is 4.90 Å². The highest BCUT2D eigenvalue weighted by Crippen LogP contribution is 2.38. The van der Waals surface area contributed by atoms with Gasteiger partial charge in [-0.05, 0) is 42.9 Å². The number of hydrogen-bond acceptors (Lipinski definition) is 2. The van der Waals surface area contributed by atoms with Crippen LogP contribution in [0.3, 0.4) is 0 Å². The summed E-state index contributed by atoms with van der Waals surface area (Å²) in [6.07, 6.45) is 4.22. The highest BCUT2D eigenvalue weighted by molar-refractivity contribution is 5.80. The molecule has 0 bridgehead atoms. The normalized spacial score (nSPS) is 21.2. The third-order valence-electron chi connectivity index (χ3n) is 3.53. The van der Waals surface area contributed by atoms with Crippen LogP contribution in [-0.4, -0.2) is 25.2 Å². The Morgan fingerprint density at radius 2 is 2.00 bits per heavy atom. The first kappa shape index (κ1) is 12.7. The van der Waals surface area contributed by atoms with Crippen molar-refractivity contribution < 1.29 is 9.90 Å². The first-order valence-corrected chi connectivity index (χ1v) is 6.26. The third-order valence-corrected chi connectivity index (χ3v) is 3.53. The standard InChI is InChI=1S/C15H19NO2/c1-16(2)14-7-5-12(6-8-14)13-4-3-11(9-13)10-15(17)18/h5-8,10,13H,3-4,9H2,1-2H3,(H,17,18)/b11-10+. The highest BCUT2D eigenvalue weighted by Gasteiger charge is 2.21. The topological polar surface area (TPSA) is 40.5 Å². The van der Waals surface area contributed by atoms with Crippen LogP contribution in [0, 0.1) is 0 Å². The zero-order valence-corrected chi connectivity index (χ0v) is 10.9. The first-order valence-electron chi connectivity index (χ1n) is 6.26. The maximum atomic E-state index is 10.6. The van der Waals surface area contributed by atoms with Gasteiger partial charge in [-0.1, -0.05) is 17.7 Å². The number of carboxylic acid groups (broad SMARTS) is 1.